The molecular formula is C33H29NO2S. The van der Waals surface area contributed by atoms with Crippen molar-refractivity contribution in [2.45, 2.75) is 47.0 Å². The lowest BCUT2D eigenvalue weighted by Crippen LogP contribution is -2.31. The minimum absolute atomic E-state index is 0.130. The Hall–Kier alpha value is -3.76. The van der Waals surface area contributed by atoms with Gasteiger partial charge in [-0.1, -0.05) is 49.2 Å². The normalized spacial score (nSPS) is 15.5. The fraction of sp³-hybridized carbons (Fsp3) is 0.212. The van der Waals surface area contributed by atoms with E-state index in [0.29, 0.717) is 11.1 Å². The first kappa shape index (κ1) is 23.6. The second-order valence-corrected chi connectivity index (χ2v) is 11.7. The molecule has 4 heteroatoms. The van der Waals surface area contributed by atoms with Crippen molar-refractivity contribution in [3.05, 3.63) is 115 Å². The van der Waals surface area contributed by atoms with Gasteiger partial charge in [0.1, 0.15) is 0 Å². The van der Waals surface area contributed by atoms with Crippen molar-refractivity contribution in [2.24, 2.45) is 0 Å². The van der Waals surface area contributed by atoms with E-state index in [0.717, 1.165) is 22.4 Å². The third-order valence-electron chi connectivity index (χ3n) is 7.90. The summed E-state index contributed by atoms with van der Waals surface area (Å²) in [5.74, 6) is -0.344. The molecule has 0 radical (unpaired) electrons. The zero-order valence-electron chi connectivity index (χ0n) is 22.0. The monoisotopic (exact) mass is 503 g/mol. The van der Waals surface area contributed by atoms with E-state index in [1.165, 1.54) is 45.0 Å². The Kier molecular flexibility index (Phi) is 5.19. The Bertz CT molecular complexity index is 1600. The van der Waals surface area contributed by atoms with Crippen LogP contribution in [0, 0.1) is 27.7 Å². The molecule has 0 fully saturated rings. The number of rotatable bonds is 2. The first-order valence-corrected chi connectivity index (χ1v) is 13.5. The van der Waals surface area contributed by atoms with Crippen molar-refractivity contribution < 1.29 is 9.59 Å². The van der Waals surface area contributed by atoms with Gasteiger partial charge < -0.3 is 4.90 Å². The molecule has 0 N–H and O–H groups in total. The topological polar surface area (TPSA) is 37.4 Å². The predicted molar refractivity (Wildman–Crippen MR) is 153 cm³/mol. The third-order valence-corrected chi connectivity index (χ3v) is 8.64. The third kappa shape index (κ3) is 3.47. The summed E-state index contributed by atoms with van der Waals surface area (Å²) in [6, 6.07) is 17.7. The van der Waals surface area contributed by atoms with Gasteiger partial charge >= 0.3 is 0 Å². The van der Waals surface area contributed by atoms with E-state index in [9.17, 15) is 9.59 Å². The summed E-state index contributed by atoms with van der Waals surface area (Å²) in [6.07, 6.45) is 1.77. The maximum Gasteiger partial charge on any atom is 0.198 e. The second kappa shape index (κ2) is 8.12. The standard InChI is InChI=1S/C33H29NO2S/c1-18-7-9-28-26(11-18)33(5,6)27-12-19(2)8-10-29(27)34(28)30-14-20(3)22(13-21(30)4)15-23-31(35)24-16-37-17-25(24)32(23)36/h7-17H,1-6H3. The molecule has 1 aliphatic carbocycles. The first-order valence-electron chi connectivity index (χ1n) is 12.6. The molecule has 2 aliphatic rings. The average molecular weight is 504 g/mol. The molecule has 3 aromatic carbocycles. The summed E-state index contributed by atoms with van der Waals surface area (Å²) in [6.45, 7) is 13.1. The van der Waals surface area contributed by atoms with Gasteiger partial charge in [-0.05, 0) is 85.9 Å². The quantitative estimate of drug-likeness (QED) is 0.203. The molecule has 0 amide bonds. The smallest absolute Gasteiger partial charge is 0.198 e. The van der Waals surface area contributed by atoms with Crippen LogP contribution in [0.1, 0.15) is 73.5 Å². The second-order valence-electron chi connectivity index (χ2n) is 10.9. The highest BCUT2D eigenvalue weighted by molar-refractivity contribution is 7.08. The molecular weight excluding hydrogens is 474 g/mol. The molecule has 0 unspecified atom stereocenters. The van der Waals surface area contributed by atoms with Gasteiger partial charge in [0.2, 0.25) is 0 Å². The number of hydrogen-bond acceptors (Lipinski definition) is 4. The lowest BCUT2D eigenvalue weighted by Gasteiger charge is -2.43. The minimum atomic E-state index is -0.172. The van der Waals surface area contributed by atoms with Crippen LogP contribution in [0.4, 0.5) is 17.1 Å². The van der Waals surface area contributed by atoms with Crippen molar-refractivity contribution >= 4 is 46.0 Å². The SMILES string of the molecule is Cc1ccc2c(c1)C(C)(C)c1cc(C)ccc1N2c1cc(C)c(C=C2C(=O)c3cscc3C2=O)cc1C. The van der Waals surface area contributed by atoms with Gasteiger partial charge in [-0.3, -0.25) is 9.59 Å². The number of hydrogen-bond donors (Lipinski definition) is 0. The Morgan fingerprint density at radius 3 is 1.78 bits per heavy atom. The van der Waals surface area contributed by atoms with Gasteiger partial charge in [0.15, 0.2) is 11.6 Å². The molecule has 37 heavy (non-hydrogen) atoms. The van der Waals surface area contributed by atoms with E-state index >= 15 is 0 Å². The van der Waals surface area contributed by atoms with Crippen LogP contribution in [0.5, 0.6) is 0 Å². The van der Waals surface area contributed by atoms with Crippen molar-refractivity contribution in [2.75, 3.05) is 4.90 Å². The summed E-state index contributed by atoms with van der Waals surface area (Å²) in [7, 11) is 0. The minimum Gasteiger partial charge on any atom is -0.310 e. The fourth-order valence-electron chi connectivity index (χ4n) is 5.77. The Labute approximate surface area is 222 Å². The van der Waals surface area contributed by atoms with Crippen molar-refractivity contribution in [1.29, 1.82) is 0 Å². The Balaban J connectivity index is 1.52. The zero-order valence-corrected chi connectivity index (χ0v) is 22.8. The van der Waals surface area contributed by atoms with Crippen LogP contribution < -0.4 is 4.90 Å². The zero-order chi connectivity index (χ0) is 26.2. The van der Waals surface area contributed by atoms with Crippen LogP contribution in [0.15, 0.2) is 64.9 Å². The van der Waals surface area contributed by atoms with Gasteiger partial charge in [0.25, 0.3) is 0 Å². The molecule has 0 spiro atoms. The molecule has 6 rings (SSSR count). The lowest BCUT2D eigenvalue weighted by molar-refractivity contribution is 0.0990. The van der Waals surface area contributed by atoms with Gasteiger partial charge in [0.05, 0.1) is 16.9 Å². The summed E-state index contributed by atoms with van der Waals surface area (Å²) in [4.78, 5) is 28.1. The molecule has 0 saturated carbocycles. The highest BCUT2D eigenvalue weighted by Crippen LogP contribution is 2.53. The number of nitrogens with zero attached hydrogens (tertiary/aromatic N) is 1. The molecule has 1 aliphatic heterocycles. The number of anilines is 3. The maximum absolute atomic E-state index is 12.9. The number of fused-ring (bicyclic) bond motifs is 3. The molecule has 184 valence electrons. The lowest BCUT2D eigenvalue weighted by atomic mass is 9.72. The summed E-state index contributed by atoms with van der Waals surface area (Å²) < 4.78 is 0. The van der Waals surface area contributed by atoms with Crippen LogP contribution in [0.25, 0.3) is 6.08 Å². The van der Waals surface area contributed by atoms with E-state index in [1.54, 1.807) is 16.8 Å². The number of thiophene rings is 1. The molecule has 0 saturated heterocycles. The van der Waals surface area contributed by atoms with E-state index < -0.39 is 0 Å². The average Bonchev–Trinajstić information content (AvgIpc) is 3.42. The summed E-state index contributed by atoms with van der Waals surface area (Å²) in [5.41, 5.74) is 12.8. The van der Waals surface area contributed by atoms with E-state index in [1.807, 2.05) is 0 Å². The summed E-state index contributed by atoms with van der Waals surface area (Å²) in [5, 5.41) is 3.54. The first-order chi connectivity index (χ1) is 17.6. The molecule has 0 bridgehead atoms. The predicted octanol–water partition coefficient (Wildman–Crippen LogP) is 8.55. The maximum atomic E-state index is 12.9. The van der Waals surface area contributed by atoms with Crippen LogP contribution in [0.2, 0.25) is 0 Å². The molecule has 3 nitrogen and oxygen atoms in total. The van der Waals surface area contributed by atoms with E-state index in [4.69, 9.17) is 0 Å². The summed E-state index contributed by atoms with van der Waals surface area (Å²) >= 11 is 1.40. The molecule has 4 aromatic rings. The van der Waals surface area contributed by atoms with Crippen molar-refractivity contribution in [3.8, 4) is 0 Å². The van der Waals surface area contributed by atoms with Crippen LogP contribution in [0.3, 0.4) is 0 Å². The number of ketones is 2. The number of Topliss-reactive ketones (excluding diaryl/α,β-unsaturated/α-hetero) is 2. The van der Waals surface area contributed by atoms with Gasteiger partial charge in [-0.2, -0.15) is 11.3 Å². The number of carbonyl (C=O) groups excluding carboxylic acids is 2. The highest BCUT2D eigenvalue weighted by atomic mass is 32.1. The van der Waals surface area contributed by atoms with Gasteiger partial charge in [-0.25, -0.2) is 0 Å². The molecule has 1 aromatic heterocycles. The van der Waals surface area contributed by atoms with E-state index in [-0.39, 0.29) is 22.6 Å². The Morgan fingerprint density at radius 2 is 1.24 bits per heavy atom. The number of benzene rings is 3. The van der Waals surface area contributed by atoms with Gasteiger partial charge in [-0.15, -0.1) is 0 Å². The highest BCUT2D eigenvalue weighted by Gasteiger charge is 2.38. The van der Waals surface area contributed by atoms with Crippen molar-refractivity contribution in [1.82, 2.24) is 0 Å². The number of aryl methyl sites for hydroxylation is 4. The van der Waals surface area contributed by atoms with Gasteiger partial charge in [0, 0.05) is 33.0 Å². The number of allylic oxidation sites excluding steroid dienone is 1. The van der Waals surface area contributed by atoms with Crippen LogP contribution in [-0.4, -0.2) is 11.6 Å². The molecule has 0 atom stereocenters. The Morgan fingerprint density at radius 1 is 0.703 bits per heavy atom. The largest absolute Gasteiger partial charge is 0.310 e. The van der Waals surface area contributed by atoms with Crippen LogP contribution in [-0.2, 0) is 5.41 Å². The molecule has 2 heterocycles. The van der Waals surface area contributed by atoms with Crippen molar-refractivity contribution in [3.63, 3.8) is 0 Å². The number of carbonyl (C=O) groups is 2. The van der Waals surface area contributed by atoms with E-state index in [2.05, 4.69) is 95.0 Å². The van der Waals surface area contributed by atoms with Crippen LogP contribution >= 0.6 is 11.3 Å². The fourth-order valence-corrected chi connectivity index (χ4v) is 6.58.